The minimum atomic E-state index is -3.40. The lowest BCUT2D eigenvalue weighted by atomic mass is 10.1. The van der Waals surface area contributed by atoms with E-state index < -0.39 is 15.9 Å². The molecular formula is C13H19NO3S. The second-order valence-corrected chi connectivity index (χ2v) is 6.90. The summed E-state index contributed by atoms with van der Waals surface area (Å²) < 4.78 is 24.2. The van der Waals surface area contributed by atoms with Crippen molar-refractivity contribution in [2.45, 2.75) is 36.8 Å². The highest BCUT2D eigenvalue weighted by atomic mass is 32.2. The summed E-state index contributed by atoms with van der Waals surface area (Å²) in [5.74, 6) is -0.215. The van der Waals surface area contributed by atoms with E-state index in [2.05, 4.69) is 5.32 Å². The molecule has 18 heavy (non-hydrogen) atoms. The van der Waals surface area contributed by atoms with Crippen LogP contribution in [-0.4, -0.2) is 38.0 Å². The quantitative estimate of drug-likeness (QED) is 0.851. The highest BCUT2D eigenvalue weighted by molar-refractivity contribution is 7.91. The Morgan fingerprint density at radius 3 is 2.61 bits per heavy atom. The molecule has 0 bridgehead atoms. The fourth-order valence-electron chi connectivity index (χ4n) is 2.22. The molecule has 0 radical (unpaired) electrons. The first-order chi connectivity index (χ1) is 8.49. The topological polar surface area (TPSA) is 66.4 Å². The summed E-state index contributed by atoms with van der Waals surface area (Å²) in [6, 6.07) is 6.64. The summed E-state index contributed by atoms with van der Waals surface area (Å²) in [6.45, 7) is 2.76. The second-order valence-electron chi connectivity index (χ2n) is 4.86. The number of sulfone groups is 1. The largest absolute Gasteiger partial charge is 0.390 e. The molecule has 1 heterocycles. The number of hydrogen-bond acceptors (Lipinski definition) is 4. The van der Waals surface area contributed by atoms with Crippen LogP contribution in [0.2, 0.25) is 0 Å². The molecule has 4 nitrogen and oxygen atoms in total. The van der Waals surface area contributed by atoms with E-state index in [1.54, 1.807) is 24.3 Å². The molecule has 5 heteroatoms. The zero-order valence-corrected chi connectivity index (χ0v) is 11.3. The number of nitrogens with one attached hydrogen (secondary N) is 1. The van der Waals surface area contributed by atoms with Gasteiger partial charge in [-0.1, -0.05) is 17.7 Å². The molecule has 0 saturated carbocycles. The molecule has 2 N–H and O–H groups in total. The molecule has 1 aliphatic heterocycles. The van der Waals surface area contributed by atoms with E-state index in [0.717, 1.165) is 24.9 Å². The Morgan fingerprint density at radius 1 is 1.39 bits per heavy atom. The maximum Gasteiger partial charge on any atom is 0.180 e. The van der Waals surface area contributed by atoms with Crippen molar-refractivity contribution >= 4 is 9.84 Å². The SMILES string of the molecule is Cc1ccc(S(=O)(=O)CC(O)C2CCCN2)cc1. The van der Waals surface area contributed by atoms with Crippen molar-refractivity contribution in [3.05, 3.63) is 29.8 Å². The van der Waals surface area contributed by atoms with Gasteiger partial charge in [-0.25, -0.2) is 8.42 Å². The first-order valence-corrected chi connectivity index (χ1v) is 7.85. The van der Waals surface area contributed by atoms with Crippen LogP contribution in [0.25, 0.3) is 0 Å². The first kappa shape index (κ1) is 13.5. The Hall–Kier alpha value is -0.910. The van der Waals surface area contributed by atoms with Gasteiger partial charge in [-0.05, 0) is 38.4 Å². The maximum absolute atomic E-state index is 12.1. The van der Waals surface area contributed by atoms with E-state index in [1.165, 1.54) is 0 Å². The van der Waals surface area contributed by atoms with Gasteiger partial charge in [0.2, 0.25) is 0 Å². The smallest absolute Gasteiger partial charge is 0.180 e. The van der Waals surface area contributed by atoms with Gasteiger partial charge in [0.1, 0.15) is 0 Å². The predicted octanol–water partition coefficient (Wildman–Crippen LogP) is 0.882. The third-order valence-electron chi connectivity index (χ3n) is 3.33. The minimum Gasteiger partial charge on any atom is -0.390 e. The number of aliphatic hydroxyl groups is 1. The Morgan fingerprint density at radius 2 is 2.06 bits per heavy atom. The monoisotopic (exact) mass is 269 g/mol. The Kier molecular flexibility index (Phi) is 4.04. The first-order valence-electron chi connectivity index (χ1n) is 6.20. The lowest BCUT2D eigenvalue weighted by Gasteiger charge is -2.18. The average Bonchev–Trinajstić information content (AvgIpc) is 2.82. The summed E-state index contributed by atoms with van der Waals surface area (Å²) in [6.07, 6.45) is 0.996. The van der Waals surface area contributed by atoms with Crippen LogP contribution in [0, 0.1) is 6.92 Å². The van der Waals surface area contributed by atoms with Crippen LogP contribution in [-0.2, 0) is 9.84 Å². The van der Waals surface area contributed by atoms with Gasteiger partial charge in [0, 0.05) is 6.04 Å². The van der Waals surface area contributed by atoms with Crippen molar-refractivity contribution in [2.75, 3.05) is 12.3 Å². The molecule has 1 fully saturated rings. The predicted molar refractivity (Wildman–Crippen MR) is 70.3 cm³/mol. The molecule has 1 aromatic carbocycles. The van der Waals surface area contributed by atoms with E-state index in [0.29, 0.717) is 0 Å². The van der Waals surface area contributed by atoms with Crippen LogP contribution in [0.4, 0.5) is 0 Å². The van der Waals surface area contributed by atoms with Crippen molar-refractivity contribution in [3.8, 4) is 0 Å². The molecule has 2 atom stereocenters. The fourth-order valence-corrected chi connectivity index (χ4v) is 3.65. The maximum atomic E-state index is 12.1. The zero-order valence-electron chi connectivity index (χ0n) is 10.5. The van der Waals surface area contributed by atoms with E-state index in [1.807, 2.05) is 6.92 Å². The fraction of sp³-hybridized carbons (Fsp3) is 0.538. The number of benzene rings is 1. The zero-order chi connectivity index (χ0) is 13.2. The van der Waals surface area contributed by atoms with Crippen LogP contribution in [0.3, 0.4) is 0 Å². The Balaban J connectivity index is 2.09. The van der Waals surface area contributed by atoms with E-state index in [-0.39, 0.29) is 16.7 Å². The average molecular weight is 269 g/mol. The van der Waals surface area contributed by atoms with Crippen molar-refractivity contribution in [3.63, 3.8) is 0 Å². The number of aryl methyl sites for hydroxylation is 1. The molecule has 1 aliphatic rings. The normalized spacial score (nSPS) is 22.0. The molecule has 100 valence electrons. The summed E-state index contributed by atoms with van der Waals surface area (Å²) in [7, 11) is -3.40. The Bertz CT molecular complexity index is 489. The third-order valence-corrected chi connectivity index (χ3v) is 5.10. The van der Waals surface area contributed by atoms with E-state index in [9.17, 15) is 13.5 Å². The molecule has 2 rings (SSSR count). The molecule has 0 aromatic heterocycles. The Labute approximate surface area is 108 Å². The lowest BCUT2D eigenvalue weighted by Crippen LogP contribution is -2.39. The van der Waals surface area contributed by atoms with Crippen molar-refractivity contribution in [2.24, 2.45) is 0 Å². The van der Waals surface area contributed by atoms with E-state index in [4.69, 9.17) is 0 Å². The third kappa shape index (κ3) is 3.10. The molecule has 1 aromatic rings. The van der Waals surface area contributed by atoms with Gasteiger partial charge in [-0.3, -0.25) is 0 Å². The van der Waals surface area contributed by atoms with Crippen molar-refractivity contribution in [1.82, 2.24) is 5.32 Å². The summed E-state index contributed by atoms with van der Waals surface area (Å²) in [5, 5.41) is 13.1. The summed E-state index contributed by atoms with van der Waals surface area (Å²) in [4.78, 5) is 0.283. The van der Waals surface area contributed by atoms with E-state index >= 15 is 0 Å². The molecular weight excluding hydrogens is 250 g/mol. The molecule has 0 aliphatic carbocycles. The standard InChI is InChI=1S/C13H19NO3S/c1-10-4-6-11(7-5-10)18(16,17)9-13(15)12-3-2-8-14-12/h4-7,12-15H,2-3,8-9H2,1H3. The minimum absolute atomic E-state index is 0.0924. The van der Waals surface area contributed by atoms with Gasteiger partial charge in [-0.2, -0.15) is 0 Å². The van der Waals surface area contributed by atoms with Crippen LogP contribution in [0.5, 0.6) is 0 Å². The second kappa shape index (κ2) is 5.38. The van der Waals surface area contributed by atoms with Crippen LogP contribution in [0.1, 0.15) is 18.4 Å². The highest BCUT2D eigenvalue weighted by Crippen LogP contribution is 2.16. The number of rotatable bonds is 4. The van der Waals surface area contributed by atoms with Crippen LogP contribution >= 0.6 is 0 Å². The van der Waals surface area contributed by atoms with Gasteiger partial charge in [-0.15, -0.1) is 0 Å². The van der Waals surface area contributed by atoms with Gasteiger partial charge in [0.15, 0.2) is 9.84 Å². The highest BCUT2D eigenvalue weighted by Gasteiger charge is 2.28. The van der Waals surface area contributed by atoms with Gasteiger partial charge >= 0.3 is 0 Å². The number of aliphatic hydroxyl groups excluding tert-OH is 1. The van der Waals surface area contributed by atoms with Gasteiger partial charge in [0.25, 0.3) is 0 Å². The van der Waals surface area contributed by atoms with Crippen LogP contribution < -0.4 is 5.32 Å². The van der Waals surface area contributed by atoms with Crippen molar-refractivity contribution < 1.29 is 13.5 Å². The van der Waals surface area contributed by atoms with Crippen LogP contribution in [0.15, 0.2) is 29.2 Å². The molecule has 0 amide bonds. The molecule has 2 unspecified atom stereocenters. The van der Waals surface area contributed by atoms with Crippen molar-refractivity contribution in [1.29, 1.82) is 0 Å². The summed E-state index contributed by atoms with van der Waals surface area (Å²) in [5.41, 5.74) is 1.02. The van der Waals surface area contributed by atoms with Gasteiger partial charge in [0.05, 0.1) is 16.8 Å². The number of hydrogen-bond donors (Lipinski definition) is 2. The lowest BCUT2D eigenvalue weighted by molar-refractivity contribution is 0.157. The summed E-state index contributed by atoms with van der Waals surface area (Å²) >= 11 is 0. The molecule has 0 spiro atoms. The molecule has 1 saturated heterocycles. The van der Waals surface area contributed by atoms with Gasteiger partial charge < -0.3 is 10.4 Å².